The second-order valence-corrected chi connectivity index (χ2v) is 8.98. The number of hydrogen-bond donors (Lipinski definition) is 2. The Morgan fingerprint density at radius 1 is 1.21 bits per heavy atom. The molecular weight excluding hydrogens is 374 g/mol. The fraction of sp³-hybridized carbons (Fsp3) is 0.391. The van der Waals surface area contributed by atoms with Gasteiger partial charge >= 0.3 is 5.97 Å². The standard InChI is InChI=1S/C23H26ClNO3/c1-13(2)20(26)11-16-9-14(5-7-18(16)24)21-23(3,4)12-17-10-15(22(27)28)6-8-19(17)25-21/h5-10,13,21,25H,11-12H2,1-4H3,(H,27,28). The summed E-state index contributed by atoms with van der Waals surface area (Å²) >= 11 is 6.35. The van der Waals surface area contributed by atoms with Crippen LogP contribution < -0.4 is 5.32 Å². The third-order valence-corrected chi connectivity index (χ3v) is 5.86. The monoisotopic (exact) mass is 399 g/mol. The van der Waals surface area contributed by atoms with Crippen LogP contribution in [0.2, 0.25) is 5.02 Å². The highest BCUT2D eigenvalue weighted by Gasteiger charge is 2.36. The van der Waals surface area contributed by atoms with Crippen LogP contribution in [0.1, 0.15) is 60.8 Å². The minimum Gasteiger partial charge on any atom is -0.478 e. The van der Waals surface area contributed by atoms with Gasteiger partial charge in [0.05, 0.1) is 11.6 Å². The Morgan fingerprint density at radius 2 is 1.93 bits per heavy atom. The van der Waals surface area contributed by atoms with Crippen LogP contribution in [0.15, 0.2) is 36.4 Å². The first-order valence-corrected chi connectivity index (χ1v) is 9.90. The third-order valence-electron chi connectivity index (χ3n) is 5.49. The van der Waals surface area contributed by atoms with E-state index < -0.39 is 5.97 Å². The Labute approximate surface area is 170 Å². The molecule has 2 N–H and O–H groups in total. The van der Waals surface area contributed by atoms with Gasteiger partial charge in [0.1, 0.15) is 5.78 Å². The van der Waals surface area contributed by atoms with E-state index in [1.54, 1.807) is 12.1 Å². The van der Waals surface area contributed by atoms with Crippen LogP contribution in [0.3, 0.4) is 0 Å². The lowest BCUT2D eigenvalue weighted by molar-refractivity contribution is -0.121. The van der Waals surface area contributed by atoms with Crippen molar-refractivity contribution in [3.8, 4) is 0 Å². The molecule has 1 heterocycles. The average Bonchev–Trinajstić information content (AvgIpc) is 2.61. The molecule has 0 aromatic heterocycles. The number of aromatic carboxylic acids is 1. The molecule has 0 fully saturated rings. The first-order valence-electron chi connectivity index (χ1n) is 9.52. The summed E-state index contributed by atoms with van der Waals surface area (Å²) in [5, 5.41) is 13.4. The lowest BCUT2D eigenvalue weighted by Gasteiger charge is -2.41. The van der Waals surface area contributed by atoms with Crippen molar-refractivity contribution >= 4 is 29.0 Å². The number of Topliss-reactive ketones (excluding diaryl/α,β-unsaturated/α-hetero) is 1. The predicted octanol–water partition coefficient (Wildman–Crippen LogP) is 5.54. The summed E-state index contributed by atoms with van der Waals surface area (Å²) in [6.45, 7) is 8.12. The number of rotatable bonds is 5. The van der Waals surface area contributed by atoms with Gasteiger partial charge in [-0.25, -0.2) is 4.79 Å². The van der Waals surface area contributed by atoms with Crippen molar-refractivity contribution in [1.82, 2.24) is 0 Å². The third kappa shape index (κ3) is 4.07. The molecule has 1 atom stereocenters. The normalized spacial score (nSPS) is 17.7. The maximum atomic E-state index is 12.2. The molecule has 3 rings (SSSR count). The molecule has 28 heavy (non-hydrogen) atoms. The number of carbonyl (C=O) groups excluding carboxylic acids is 1. The molecule has 0 spiro atoms. The van der Waals surface area contributed by atoms with E-state index in [1.807, 2.05) is 38.1 Å². The Hall–Kier alpha value is -2.33. The predicted molar refractivity (Wildman–Crippen MR) is 112 cm³/mol. The molecule has 1 aliphatic rings. The number of halogens is 1. The average molecular weight is 400 g/mol. The fourth-order valence-corrected chi connectivity index (χ4v) is 3.98. The number of carboxylic acids is 1. The number of anilines is 1. The fourth-order valence-electron chi connectivity index (χ4n) is 3.79. The van der Waals surface area contributed by atoms with Crippen molar-refractivity contribution in [1.29, 1.82) is 0 Å². The van der Waals surface area contributed by atoms with E-state index in [9.17, 15) is 14.7 Å². The summed E-state index contributed by atoms with van der Waals surface area (Å²) in [6, 6.07) is 11.1. The van der Waals surface area contributed by atoms with Crippen LogP contribution in [0.4, 0.5) is 5.69 Å². The Balaban J connectivity index is 1.95. The lowest BCUT2D eigenvalue weighted by atomic mass is 9.72. The van der Waals surface area contributed by atoms with Crippen LogP contribution in [0, 0.1) is 11.3 Å². The van der Waals surface area contributed by atoms with Crippen molar-refractivity contribution in [3.05, 3.63) is 63.7 Å². The molecule has 4 nitrogen and oxygen atoms in total. The van der Waals surface area contributed by atoms with Crippen LogP contribution in [-0.2, 0) is 17.6 Å². The van der Waals surface area contributed by atoms with Gasteiger partial charge in [0.25, 0.3) is 0 Å². The van der Waals surface area contributed by atoms with Gasteiger partial charge in [-0.15, -0.1) is 0 Å². The Morgan fingerprint density at radius 3 is 2.57 bits per heavy atom. The summed E-state index contributed by atoms with van der Waals surface area (Å²) in [5.74, 6) is -0.777. The molecule has 2 aromatic rings. The highest BCUT2D eigenvalue weighted by atomic mass is 35.5. The zero-order chi connectivity index (χ0) is 20.6. The topological polar surface area (TPSA) is 66.4 Å². The van der Waals surface area contributed by atoms with Crippen molar-refractivity contribution in [3.63, 3.8) is 0 Å². The number of hydrogen-bond acceptors (Lipinski definition) is 3. The van der Waals surface area contributed by atoms with Crippen molar-refractivity contribution in [2.45, 2.75) is 46.6 Å². The molecule has 148 valence electrons. The second-order valence-electron chi connectivity index (χ2n) is 8.57. The molecule has 0 aliphatic carbocycles. The molecule has 5 heteroatoms. The first-order chi connectivity index (χ1) is 13.1. The van der Waals surface area contributed by atoms with Gasteiger partial charge in [0, 0.05) is 23.0 Å². The summed E-state index contributed by atoms with van der Waals surface area (Å²) in [7, 11) is 0. The van der Waals surface area contributed by atoms with Gasteiger partial charge in [-0.05, 0) is 52.8 Å². The highest BCUT2D eigenvalue weighted by Crippen LogP contribution is 2.45. The molecule has 0 radical (unpaired) electrons. The van der Waals surface area contributed by atoms with Crippen molar-refractivity contribution in [2.24, 2.45) is 11.3 Å². The van der Waals surface area contributed by atoms with E-state index in [4.69, 9.17) is 11.6 Å². The number of fused-ring (bicyclic) bond motifs is 1. The van der Waals surface area contributed by atoms with E-state index in [0.29, 0.717) is 17.0 Å². The second kappa shape index (κ2) is 7.59. The smallest absolute Gasteiger partial charge is 0.335 e. The van der Waals surface area contributed by atoms with Gasteiger partial charge in [0.2, 0.25) is 0 Å². The van der Waals surface area contributed by atoms with Gasteiger partial charge in [-0.3, -0.25) is 4.79 Å². The molecule has 1 unspecified atom stereocenters. The summed E-state index contributed by atoms with van der Waals surface area (Å²) in [4.78, 5) is 23.5. The van der Waals surface area contributed by atoms with Crippen LogP contribution in [-0.4, -0.2) is 16.9 Å². The maximum Gasteiger partial charge on any atom is 0.335 e. The maximum absolute atomic E-state index is 12.2. The van der Waals surface area contributed by atoms with E-state index in [2.05, 4.69) is 19.2 Å². The lowest BCUT2D eigenvalue weighted by Crippen LogP contribution is -2.35. The molecule has 1 aliphatic heterocycles. The van der Waals surface area contributed by atoms with E-state index in [0.717, 1.165) is 28.8 Å². The summed E-state index contributed by atoms with van der Waals surface area (Å²) in [5.41, 5.74) is 4.04. The zero-order valence-electron chi connectivity index (χ0n) is 16.7. The number of carboxylic acid groups (broad SMARTS) is 1. The quantitative estimate of drug-likeness (QED) is 0.692. The minimum atomic E-state index is -0.917. The number of benzene rings is 2. The van der Waals surface area contributed by atoms with Crippen LogP contribution >= 0.6 is 11.6 Å². The summed E-state index contributed by atoms with van der Waals surface area (Å²) in [6.07, 6.45) is 1.08. The minimum absolute atomic E-state index is 0.0284. The van der Waals surface area contributed by atoms with Gasteiger partial charge in [0.15, 0.2) is 0 Å². The Bertz CT molecular complexity index is 933. The Kier molecular flexibility index (Phi) is 5.53. The van der Waals surface area contributed by atoms with E-state index >= 15 is 0 Å². The molecule has 0 amide bonds. The van der Waals surface area contributed by atoms with Gasteiger partial charge in [-0.2, -0.15) is 0 Å². The first kappa shape index (κ1) is 20.4. The molecule has 0 bridgehead atoms. The highest BCUT2D eigenvalue weighted by molar-refractivity contribution is 6.31. The molecular formula is C23H26ClNO3. The van der Waals surface area contributed by atoms with E-state index in [1.165, 1.54) is 0 Å². The van der Waals surface area contributed by atoms with Gasteiger partial charge in [-0.1, -0.05) is 51.4 Å². The largest absolute Gasteiger partial charge is 0.478 e. The van der Waals surface area contributed by atoms with Crippen LogP contribution in [0.5, 0.6) is 0 Å². The van der Waals surface area contributed by atoms with Crippen molar-refractivity contribution in [2.75, 3.05) is 5.32 Å². The molecule has 0 saturated carbocycles. The number of carbonyl (C=O) groups is 2. The summed E-state index contributed by atoms with van der Waals surface area (Å²) < 4.78 is 0. The number of ketones is 1. The van der Waals surface area contributed by atoms with Crippen LogP contribution in [0.25, 0.3) is 0 Å². The SMILES string of the molecule is CC(C)C(=O)Cc1cc(C2Nc3ccc(C(=O)O)cc3CC2(C)C)ccc1Cl. The molecule has 2 aromatic carbocycles. The number of nitrogens with one attached hydrogen (secondary N) is 1. The van der Waals surface area contributed by atoms with E-state index in [-0.39, 0.29) is 23.2 Å². The molecule has 0 saturated heterocycles. The van der Waals surface area contributed by atoms with Crippen molar-refractivity contribution < 1.29 is 14.7 Å². The zero-order valence-corrected chi connectivity index (χ0v) is 17.4. The van der Waals surface area contributed by atoms with Gasteiger partial charge < -0.3 is 10.4 Å².